The number of carbonyl (C=O) groups is 2. The zero-order valence-electron chi connectivity index (χ0n) is 15.5. The van der Waals surface area contributed by atoms with Crippen LogP contribution in [0.5, 0.6) is 0 Å². The topological polar surface area (TPSA) is 84.0 Å². The Hall–Kier alpha value is -2.76. The van der Waals surface area contributed by atoms with Crippen LogP contribution in [0.2, 0.25) is 0 Å². The summed E-state index contributed by atoms with van der Waals surface area (Å²) < 4.78 is 0. The third-order valence-corrected chi connectivity index (χ3v) is 5.38. The van der Waals surface area contributed by atoms with Gasteiger partial charge < -0.3 is 10.6 Å². The number of nitrogens with zero attached hydrogens (tertiary/aromatic N) is 2. The Morgan fingerprint density at radius 3 is 2.93 bits per heavy atom. The molecule has 0 bridgehead atoms. The second kappa shape index (κ2) is 7.47. The fourth-order valence-corrected chi connectivity index (χ4v) is 4.01. The van der Waals surface area contributed by atoms with E-state index in [0.717, 1.165) is 29.9 Å². The molecular weight excluding hydrogens is 340 g/mol. The molecule has 0 radical (unpaired) electrons. The van der Waals surface area contributed by atoms with Crippen molar-refractivity contribution in [3.8, 4) is 0 Å². The fraction of sp³-hybridized carbons (Fsp3) is 0.429. The second-order valence-corrected chi connectivity index (χ2v) is 7.27. The molecule has 0 spiro atoms. The summed E-state index contributed by atoms with van der Waals surface area (Å²) in [4.78, 5) is 33.5. The van der Waals surface area contributed by atoms with E-state index in [-0.39, 0.29) is 24.3 Å². The molecule has 6 heteroatoms. The standard InChI is InChI=1S/C21H24N4O2/c1-13-14-6-4-5-9-17(14)24-19(23-13)10-11-22-20(26)12-18-15-7-2-3-8-16(15)21(27)25-18/h2-3,7-8,18H,4-6,9-12H2,1H3,(H,22,26)(H,25,27). The summed E-state index contributed by atoms with van der Waals surface area (Å²) in [6, 6.07) is 7.16. The number of aryl methyl sites for hydroxylation is 2. The Morgan fingerprint density at radius 2 is 2.04 bits per heavy atom. The minimum atomic E-state index is -0.254. The average Bonchev–Trinajstić information content (AvgIpc) is 2.98. The van der Waals surface area contributed by atoms with Gasteiger partial charge >= 0.3 is 0 Å². The third kappa shape index (κ3) is 3.70. The number of rotatable bonds is 5. The SMILES string of the molecule is Cc1nc(CCNC(=O)CC2NC(=O)c3ccccc32)nc2c1CCCC2. The highest BCUT2D eigenvalue weighted by atomic mass is 16.2. The van der Waals surface area contributed by atoms with Crippen LogP contribution in [0.1, 0.15) is 64.0 Å². The van der Waals surface area contributed by atoms with Crippen molar-refractivity contribution in [3.63, 3.8) is 0 Å². The first kappa shape index (κ1) is 17.6. The van der Waals surface area contributed by atoms with Crippen molar-refractivity contribution in [2.24, 2.45) is 0 Å². The normalized spacial score (nSPS) is 17.8. The first-order valence-corrected chi connectivity index (χ1v) is 9.63. The molecule has 6 nitrogen and oxygen atoms in total. The van der Waals surface area contributed by atoms with E-state index in [1.165, 1.54) is 24.1 Å². The molecule has 1 aliphatic heterocycles. The highest BCUT2D eigenvalue weighted by molar-refractivity contribution is 5.99. The molecule has 2 aliphatic rings. The van der Waals surface area contributed by atoms with Crippen molar-refractivity contribution in [2.75, 3.05) is 6.54 Å². The Bertz CT molecular complexity index is 894. The van der Waals surface area contributed by atoms with E-state index in [9.17, 15) is 9.59 Å². The summed E-state index contributed by atoms with van der Waals surface area (Å²) in [6.07, 6.45) is 5.37. The summed E-state index contributed by atoms with van der Waals surface area (Å²) in [6.45, 7) is 2.55. The van der Waals surface area contributed by atoms with Crippen LogP contribution in [0.25, 0.3) is 0 Å². The van der Waals surface area contributed by atoms with Gasteiger partial charge in [0.05, 0.1) is 12.5 Å². The van der Waals surface area contributed by atoms with E-state index in [4.69, 9.17) is 4.98 Å². The van der Waals surface area contributed by atoms with Gasteiger partial charge in [0, 0.05) is 29.9 Å². The summed E-state index contributed by atoms with van der Waals surface area (Å²) in [7, 11) is 0. The zero-order valence-corrected chi connectivity index (χ0v) is 15.5. The molecular formula is C21H24N4O2. The fourth-order valence-electron chi connectivity index (χ4n) is 4.01. The number of amides is 2. The highest BCUT2D eigenvalue weighted by Gasteiger charge is 2.29. The first-order chi connectivity index (χ1) is 13.1. The van der Waals surface area contributed by atoms with Crippen LogP contribution >= 0.6 is 0 Å². The van der Waals surface area contributed by atoms with Crippen LogP contribution in [0, 0.1) is 6.92 Å². The molecule has 1 aromatic heterocycles. The molecule has 140 valence electrons. The molecule has 2 N–H and O–H groups in total. The molecule has 1 unspecified atom stereocenters. The van der Waals surface area contributed by atoms with Crippen LogP contribution < -0.4 is 10.6 Å². The first-order valence-electron chi connectivity index (χ1n) is 9.63. The lowest BCUT2D eigenvalue weighted by molar-refractivity contribution is -0.121. The van der Waals surface area contributed by atoms with Gasteiger partial charge in [0.1, 0.15) is 5.82 Å². The van der Waals surface area contributed by atoms with Gasteiger partial charge in [-0.05, 0) is 49.8 Å². The van der Waals surface area contributed by atoms with Crippen molar-refractivity contribution >= 4 is 11.8 Å². The van der Waals surface area contributed by atoms with E-state index in [1.54, 1.807) is 6.07 Å². The summed E-state index contributed by atoms with van der Waals surface area (Å²) in [5.74, 6) is 0.612. The van der Waals surface area contributed by atoms with E-state index >= 15 is 0 Å². The molecule has 0 fully saturated rings. The van der Waals surface area contributed by atoms with Crippen LogP contribution in [-0.4, -0.2) is 28.3 Å². The number of benzene rings is 1. The minimum absolute atomic E-state index is 0.0771. The number of nitrogens with one attached hydrogen (secondary N) is 2. The van der Waals surface area contributed by atoms with E-state index in [1.807, 2.05) is 25.1 Å². The molecule has 27 heavy (non-hydrogen) atoms. The number of aromatic nitrogens is 2. The minimum Gasteiger partial charge on any atom is -0.356 e. The van der Waals surface area contributed by atoms with E-state index in [0.29, 0.717) is 18.5 Å². The molecule has 2 aromatic rings. The number of fused-ring (bicyclic) bond motifs is 2. The molecule has 0 saturated carbocycles. The quantitative estimate of drug-likeness (QED) is 0.852. The van der Waals surface area contributed by atoms with Gasteiger partial charge in [0.2, 0.25) is 5.91 Å². The van der Waals surface area contributed by atoms with Gasteiger partial charge in [0.25, 0.3) is 5.91 Å². The lowest BCUT2D eigenvalue weighted by Gasteiger charge is -2.17. The largest absolute Gasteiger partial charge is 0.356 e. The Labute approximate surface area is 158 Å². The number of hydrogen-bond donors (Lipinski definition) is 2. The van der Waals surface area contributed by atoms with Crippen molar-refractivity contribution < 1.29 is 9.59 Å². The lowest BCUT2D eigenvalue weighted by Crippen LogP contribution is -2.30. The summed E-state index contributed by atoms with van der Waals surface area (Å²) >= 11 is 0. The summed E-state index contributed by atoms with van der Waals surface area (Å²) in [5, 5.41) is 5.81. The van der Waals surface area contributed by atoms with Gasteiger partial charge in [-0.25, -0.2) is 9.97 Å². The van der Waals surface area contributed by atoms with Gasteiger partial charge in [-0.1, -0.05) is 18.2 Å². The summed E-state index contributed by atoms with van der Waals surface area (Å²) in [5.41, 5.74) is 5.12. The number of hydrogen-bond acceptors (Lipinski definition) is 4. The predicted molar refractivity (Wildman–Crippen MR) is 101 cm³/mol. The molecule has 2 heterocycles. The van der Waals surface area contributed by atoms with Crippen molar-refractivity contribution in [2.45, 2.75) is 51.5 Å². The molecule has 1 aromatic carbocycles. The Morgan fingerprint density at radius 1 is 1.22 bits per heavy atom. The van der Waals surface area contributed by atoms with Crippen molar-refractivity contribution in [1.82, 2.24) is 20.6 Å². The lowest BCUT2D eigenvalue weighted by atomic mass is 9.95. The molecule has 1 aliphatic carbocycles. The maximum Gasteiger partial charge on any atom is 0.252 e. The number of carbonyl (C=O) groups excluding carboxylic acids is 2. The molecule has 4 rings (SSSR count). The van der Waals surface area contributed by atoms with E-state index in [2.05, 4.69) is 15.6 Å². The molecule has 2 amide bonds. The maximum absolute atomic E-state index is 12.3. The van der Waals surface area contributed by atoms with Gasteiger partial charge in [0.15, 0.2) is 0 Å². The highest BCUT2D eigenvalue weighted by Crippen LogP contribution is 2.27. The predicted octanol–water partition coefficient (Wildman–Crippen LogP) is 2.20. The third-order valence-electron chi connectivity index (χ3n) is 5.38. The Kier molecular flexibility index (Phi) is 4.88. The van der Waals surface area contributed by atoms with Crippen molar-refractivity contribution in [1.29, 1.82) is 0 Å². The average molecular weight is 364 g/mol. The zero-order chi connectivity index (χ0) is 18.8. The van der Waals surface area contributed by atoms with Crippen molar-refractivity contribution in [3.05, 3.63) is 58.2 Å². The van der Waals surface area contributed by atoms with Crippen LogP contribution in [0.3, 0.4) is 0 Å². The molecule has 1 atom stereocenters. The maximum atomic E-state index is 12.3. The van der Waals surface area contributed by atoms with Gasteiger partial charge in [-0.3, -0.25) is 9.59 Å². The smallest absolute Gasteiger partial charge is 0.252 e. The van der Waals surface area contributed by atoms with Crippen LogP contribution in [-0.2, 0) is 24.1 Å². The van der Waals surface area contributed by atoms with Crippen LogP contribution in [0.15, 0.2) is 24.3 Å². The van der Waals surface area contributed by atoms with Gasteiger partial charge in [-0.15, -0.1) is 0 Å². The second-order valence-electron chi connectivity index (χ2n) is 7.27. The van der Waals surface area contributed by atoms with Gasteiger partial charge in [-0.2, -0.15) is 0 Å². The van der Waals surface area contributed by atoms with Crippen LogP contribution in [0.4, 0.5) is 0 Å². The van der Waals surface area contributed by atoms with E-state index < -0.39 is 0 Å². The monoisotopic (exact) mass is 364 g/mol. The molecule has 0 saturated heterocycles. The Balaban J connectivity index is 1.32.